The average Bonchev–Trinajstić information content (AvgIpc) is 2.33. The van der Waals surface area contributed by atoms with Crippen LogP contribution in [0.2, 0.25) is 0 Å². The molecule has 4 nitrogen and oxygen atoms in total. The Labute approximate surface area is 108 Å². The molecule has 0 saturated carbocycles. The zero-order valence-electron chi connectivity index (χ0n) is 10.2. The Bertz CT molecular complexity index is 434. The standard InChI is InChI=1S/C12H14F3NO3/c1-16-9(11(17)18)6-7-19-10-5-3-2-4-8(10)12(13,14)15/h2-5,9,16H,6-7H2,1H3,(H,17,18). The summed E-state index contributed by atoms with van der Waals surface area (Å²) in [5.74, 6) is -1.37. The van der Waals surface area contributed by atoms with Gasteiger partial charge in [0.25, 0.3) is 0 Å². The fraction of sp³-hybridized carbons (Fsp3) is 0.417. The Morgan fingerprint density at radius 2 is 2.05 bits per heavy atom. The monoisotopic (exact) mass is 277 g/mol. The molecule has 2 N–H and O–H groups in total. The second-order valence-electron chi connectivity index (χ2n) is 3.81. The molecule has 19 heavy (non-hydrogen) atoms. The molecule has 0 aliphatic rings. The Balaban J connectivity index is 2.66. The lowest BCUT2D eigenvalue weighted by atomic mass is 10.2. The summed E-state index contributed by atoms with van der Waals surface area (Å²) in [6, 6.07) is 3.97. The van der Waals surface area contributed by atoms with Crippen molar-refractivity contribution >= 4 is 5.97 Å². The van der Waals surface area contributed by atoms with Crippen LogP contribution in [0.15, 0.2) is 24.3 Å². The van der Waals surface area contributed by atoms with Gasteiger partial charge < -0.3 is 15.2 Å². The van der Waals surface area contributed by atoms with E-state index in [1.807, 2.05) is 0 Å². The maximum absolute atomic E-state index is 12.6. The largest absolute Gasteiger partial charge is 0.493 e. The zero-order chi connectivity index (χ0) is 14.5. The lowest BCUT2D eigenvalue weighted by molar-refractivity contribution is -0.141. The maximum Gasteiger partial charge on any atom is 0.419 e. The van der Waals surface area contributed by atoms with Gasteiger partial charge in [-0.15, -0.1) is 0 Å². The van der Waals surface area contributed by atoms with Crippen LogP contribution in [-0.2, 0) is 11.0 Å². The minimum Gasteiger partial charge on any atom is -0.493 e. The second kappa shape index (κ2) is 6.42. The molecule has 0 bridgehead atoms. The molecule has 7 heteroatoms. The normalized spacial score (nSPS) is 13.1. The fourth-order valence-corrected chi connectivity index (χ4v) is 1.50. The van der Waals surface area contributed by atoms with E-state index in [2.05, 4.69) is 5.32 Å². The van der Waals surface area contributed by atoms with E-state index < -0.39 is 23.8 Å². The van der Waals surface area contributed by atoms with Gasteiger partial charge in [-0.3, -0.25) is 4.79 Å². The van der Waals surface area contributed by atoms with E-state index in [4.69, 9.17) is 9.84 Å². The predicted molar refractivity (Wildman–Crippen MR) is 62.0 cm³/mol. The first-order valence-electron chi connectivity index (χ1n) is 5.55. The van der Waals surface area contributed by atoms with Gasteiger partial charge in [0.05, 0.1) is 12.2 Å². The smallest absolute Gasteiger partial charge is 0.419 e. The van der Waals surface area contributed by atoms with E-state index in [-0.39, 0.29) is 18.8 Å². The SMILES string of the molecule is CNC(CCOc1ccccc1C(F)(F)F)C(=O)O. The summed E-state index contributed by atoms with van der Waals surface area (Å²) in [5, 5.41) is 11.3. The third kappa shape index (κ3) is 4.44. The summed E-state index contributed by atoms with van der Waals surface area (Å²) < 4.78 is 42.9. The Morgan fingerprint density at radius 3 is 2.58 bits per heavy atom. The molecule has 0 aliphatic heterocycles. The first kappa shape index (κ1) is 15.3. The first-order valence-corrected chi connectivity index (χ1v) is 5.55. The van der Waals surface area contributed by atoms with Crippen molar-refractivity contribution in [3.63, 3.8) is 0 Å². The van der Waals surface area contributed by atoms with E-state index in [1.165, 1.54) is 25.2 Å². The Morgan fingerprint density at radius 1 is 1.42 bits per heavy atom. The molecular weight excluding hydrogens is 263 g/mol. The van der Waals surface area contributed by atoms with Crippen LogP contribution < -0.4 is 10.1 Å². The van der Waals surface area contributed by atoms with Crippen molar-refractivity contribution in [2.24, 2.45) is 0 Å². The molecule has 1 aromatic rings. The number of hydrogen-bond acceptors (Lipinski definition) is 3. The van der Waals surface area contributed by atoms with Crippen molar-refractivity contribution in [3.05, 3.63) is 29.8 Å². The minimum absolute atomic E-state index is 0.0675. The number of carbonyl (C=O) groups is 1. The van der Waals surface area contributed by atoms with Gasteiger partial charge in [0.15, 0.2) is 0 Å². The summed E-state index contributed by atoms with van der Waals surface area (Å²) in [5.41, 5.74) is -0.869. The highest BCUT2D eigenvalue weighted by molar-refractivity contribution is 5.73. The van der Waals surface area contributed by atoms with Crippen LogP contribution in [0.1, 0.15) is 12.0 Å². The number of rotatable bonds is 6. The molecule has 0 spiro atoms. The van der Waals surface area contributed by atoms with Crippen LogP contribution in [0.3, 0.4) is 0 Å². The summed E-state index contributed by atoms with van der Waals surface area (Å²) in [6.45, 7) is -0.120. The summed E-state index contributed by atoms with van der Waals surface area (Å²) >= 11 is 0. The van der Waals surface area contributed by atoms with Gasteiger partial charge in [-0.05, 0) is 19.2 Å². The molecule has 1 atom stereocenters. The molecule has 0 saturated heterocycles. The number of para-hydroxylation sites is 1. The molecule has 0 amide bonds. The predicted octanol–water partition coefficient (Wildman–Crippen LogP) is 2.15. The van der Waals surface area contributed by atoms with E-state index in [0.717, 1.165) is 6.07 Å². The topological polar surface area (TPSA) is 58.6 Å². The number of ether oxygens (including phenoxy) is 1. The van der Waals surface area contributed by atoms with Gasteiger partial charge in [-0.1, -0.05) is 12.1 Å². The molecule has 106 valence electrons. The van der Waals surface area contributed by atoms with Crippen LogP contribution in [0.25, 0.3) is 0 Å². The number of carboxylic acid groups (broad SMARTS) is 1. The molecular formula is C12H14F3NO3. The number of likely N-dealkylation sites (N-methyl/N-ethyl adjacent to an activating group) is 1. The molecule has 1 unspecified atom stereocenters. The molecule has 0 aromatic heterocycles. The molecule has 0 heterocycles. The van der Waals surface area contributed by atoms with Gasteiger partial charge in [0, 0.05) is 6.42 Å². The lowest BCUT2D eigenvalue weighted by Gasteiger charge is -2.15. The van der Waals surface area contributed by atoms with Gasteiger partial charge in [-0.25, -0.2) is 0 Å². The van der Waals surface area contributed by atoms with E-state index >= 15 is 0 Å². The van der Waals surface area contributed by atoms with Crippen LogP contribution in [0.5, 0.6) is 5.75 Å². The number of halogens is 3. The van der Waals surface area contributed by atoms with Crippen LogP contribution in [0, 0.1) is 0 Å². The lowest BCUT2D eigenvalue weighted by Crippen LogP contribution is -2.35. The third-order valence-electron chi connectivity index (χ3n) is 2.50. The van der Waals surface area contributed by atoms with Gasteiger partial charge in [0.2, 0.25) is 0 Å². The Hall–Kier alpha value is -1.76. The van der Waals surface area contributed by atoms with Crippen molar-refractivity contribution in [1.29, 1.82) is 0 Å². The number of carboxylic acids is 1. The first-order chi connectivity index (χ1) is 8.86. The van der Waals surface area contributed by atoms with E-state index in [1.54, 1.807) is 0 Å². The summed E-state index contributed by atoms with van der Waals surface area (Å²) in [4.78, 5) is 10.7. The molecule has 1 aromatic carbocycles. The van der Waals surface area contributed by atoms with Gasteiger partial charge in [-0.2, -0.15) is 13.2 Å². The van der Waals surface area contributed by atoms with Crippen molar-refractivity contribution < 1.29 is 27.8 Å². The number of nitrogens with one attached hydrogen (secondary N) is 1. The minimum atomic E-state index is -4.49. The van der Waals surface area contributed by atoms with Crippen LogP contribution in [-0.4, -0.2) is 30.8 Å². The van der Waals surface area contributed by atoms with E-state index in [9.17, 15) is 18.0 Å². The second-order valence-corrected chi connectivity index (χ2v) is 3.81. The number of aliphatic carboxylic acids is 1. The third-order valence-corrected chi connectivity index (χ3v) is 2.50. The number of hydrogen-bond donors (Lipinski definition) is 2. The summed E-state index contributed by atoms with van der Waals surface area (Å²) in [7, 11) is 1.46. The van der Waals surface area contributed by atoms with Gasteiger partial charge in [0.1, 0.15) is 11.8 Å². The van der Waals surface area contributed by atoms with Crippen molar-refractivity contribution in [1.82, 2.24) is 5.32 Å². The zero-order valence-corrected chi connectivity index (χ0v) is 10.2. The number of benzene rings is 1. The van der Waals surface area contributed by atoms with Crippen molar-refractivity contribution in [2.45, 2.75) is 18.6 Å². The molecule has 0 radical (unpaired) electrons. The average molecular weight is 277 g/mol. The Kier molecular flexibility index (Phi) is 5.17. The quantitative estimate of drug-likeness (QED) is 0.836. The fourth-order valence-electron chi connectivity index (χ4n) is 1.50. The van der Waals surface area contributed by atoms with Crippen LogP contribution in [0.4, 0.5) is 13.2 Å². The highest BCUT2D eigenvalue weighted by Crippen LogP contribution is 2.35. The maximum atomic E-state index is 12.6. The molecule has 0 fully saturated rings. The highest BCUT2D eigenvalue weighted by Gasteiger charge is 2.34. The highest BCUT2D eigenvalue weighted by atomic mass is 19.4. The molecule has 1 rings (SSSR count). The van der Waals surface area contributed by atoms with E-state index in [0.29, 0.717) is 0 Å². The van der Waals surface area contributed by atoms with Gasteiger partial charge >= 0.3 is 12.1 Å². The number of alkyl halides is 3. The van der Waals surface area contributed by atoms with Crippen molar-refractivity contribution in [3.8, 4) is 5.75 Å². The van der Waals surface area contributed by atoms with Crippen LogP contribution >= 0.6 is 0 Å². The summed E-state index contributed by atoms with van der Waals surface area (Å²) in [6.07, 6.45) is -4.43. The molecule has 0 aliphatic carbocycles. The van der Waals surface area contributed by atoms with Crippen molar-refractivity contribution in [2.75, 3.05) is 13.7 Å².